The first-order valence-electron chi connectivity index (χ1n) is 4.52. The topological polar surface area (TPSA) is 110 Å². The van der Waals surface area contributed by atoms with Crippen LogP contribution < -0.4 is 0 Å². The molecule has 0 spiro atoms. The molecule has 1 fully saturated rings. The number of aliphatic hydroxyl groups is 5. The predicted octanol–water partition coefficient (Wildman–Crippen LogP) is -2.54. The van der Waals surface area contributed by atoms with Crippen LogP contribution >= 0.6 is 0 Å². The summed E-state index contributed by atoms with van der Waals surface area (Å²) in [7, 11) is 0.851. The van der Waals surface area contributed by atoms with Crippen LogP contribution in [0.3, 0.4) is 0 Å². The van der Waals surface area contributed by atoms with Gasteiger partial charge in [0, 0.05) is 7.11 Å². The van der Waals surface area contributed by atoms with Gasteiger partial charge in [0.25, 0.3) is 0 Å². The monoisotopic (exact) mass is 244 g/mol. The molecule has 0 heterocycles. The van der Waals surface area contributed by atoms with Crippen LogP contribution in [0, 0.1) is 0 Å². The molecule has 0 aromatic rings. The number of alkyl halides is 2. The summed E-state index contributed by atoms with van der Waals surface area (Å²) in [5, 5.41) is 46.0. The van der Waals surface area contributed by atoms with Gasteiger partial charge >= 0.3 is 5.92 Å². The van der Waals surface area contributed by atoms with Gasteiger partial charge in [-0.3, -0.25) is 0 Å². The number of hydrogen-bond acceptors (Lipinski definition) is 6. The van der Waals surface area contributed by atoms with Gasteiger partial charge in [0.2, 0.25) is 0 Å². The average Bonchev–Trinajstić information content (AvgIpc) is 2.24. The second kappa shape index (κ2) is 4.13. The van der Waals surface area contributed by atoms with Crippen molar-refractivity contribution >= 4 is 0 Å². The van der Waals surface area contributed by atoms with Crippen molar-refractivity contribution in [1.82, 2.24) is 0 Å². The van der Waals surface area contributed by atoms with E-state index in [2.05, 4.69) is 4.74 Å². The Morgan fingerprint density at radius 3 is 2.06 bits per heavy atom. The van der Waals surface area contributed by atoms with Crippen LogP contribution in [-0.4, -0.2) is 75.2 Å². The quantitative estimate of drug-likeness (QED) is 0.366. The van der Waals surface area contributed by atoms with Gasteiger partial charge in [-0.25, -0.2) is 8.78 Å². The molecule has 8 heteroatoms. The molecule has 0 aromatic carbocycles. The van der Waals surface area contributed by atoms with Crippen molar-refractivity contribution in [3.05, 3.63) is 0 Å². The third kappa shape index (κ3) is 1.53. The normalized spacial score (nSPS) is 48.0. The molecule has 6 nitrogen and oxygen atoms in total. The summed E-state index contributed by atoms with van der Waals surface area (Å²) < 4.78 is 31.5. The Kier molecular flexibility index (Phi) is 3.53. The van der Waals surface area contributed by atoms with E-state index in [0.717, 1.165) is 7.11 Å². The Hall–Kier alpha value is -0.380. The first kappa shape index (κ1) is 13.7. The van der Waals surface area contributed by atoms with Crippen LogP contribution in [-0.2, 0) is 4.74 Å². The standard InChI is InChI=1S/C8H14F2O6/c1-16-6-4(13)3(12)5(14)7(15,2-11)8(6,9)10/h3-6,11-15H,2H2,1H3/t3-,4-,5+,6-,7+/m1/s1. The molecule has 0 aliphatic heterocycles. The van der Waals surface area contributed by atoms with Crippen molar-refractivity contribution in [3.8, 4) is 0 Å². The molecular formula is C8H14F2O6. The summed E-state index contributed by atoms with van der Waals surface area (Å²) in [5.74, 6) is -4.10. The van der Waals surface area contributed by atoms with Gasteiger partial charge in [-0.05, 0) is 0 Å². The molecule has 96 valence electrons. The highest BCUT2D eigenvalue weighted by Gasteiger charge is 2.70. The first-order chi connectivity index (χ1) is 7.24. The molecule has 0 aromatic heterocycles. The van der Waals surface area contributed by atoms with E-state index in [0.29, 0.717) is 0 Å². The number of ether oxygens (including phenoxy) is 1. The van der Waals surface area contributed by atoms with E-state index in [1.807, 2.05) is 0 Å². The summed E-state index contributed by atoms with van der Waals surface area (Å²) in [6.45, 7) is -1.48. The Bertz CT molecular complexity index is 263. The lowest BCUT2D eigenvalue weighted by molar-refractivity contribution is -0.341. The highest BCUT2D eigenvalue weighted by Crippen LogP contribution is 2.43. The number of halogens is 2. The van der Waals surface area contributed by atoms with Gasteiger partial charge in [0.1, 0.15) is 18.3 Å². The highest BCUT2D eigenvalue weighted by molar-refractivity contribution is 5.13. The molecule has 1 rings (SSSR count). The van der Waals surface area contributed by atoms with Crippen LogP contribution in [0.2, 0.25) is 0 Å². The van der Waals surface area contributed by atoms with Crippen LogP contribution in [0.15, 0.2) is 0 Å². The maximum Gasteiger partial charge on any atom is 0.309 e. The SMILES string of the molecule is CO[C@@H]1[C@H](O)[C@@H](O)[C@H](O)[C@@](O)(CO)C1(F)F. The minimum atomic E-state index is -4.10. The maximum absolute atomic E-state index is 13.6. The molecule has 1 aliphatic rings. The zero-order valence-corrected chi connectivity index (χ0v) is 8.42. The van der Waals surface area contributed by atoms with Gasteiger partial charge in [-0.15, -0.1) is 0 Å². The third-order valence-corrected chi connectivity index (χ3v) is 2.90. The zero-order chi connectivity index (χ0) is 12.7. The summed E-state index contributed by atoms with van der Waals surface area (Å²) in [4.78, 5) is 0. The molecule has 0 radical (unpaired) electrons. The van der Waals surface area contributed by atoms with E-state index in [9.17, 15) is 29.2 Å². The molecule has 0 bridgehead atoms. The Balaban J connectivity index is 3.19. The first-order valence-corrected chi connectivity index (χ1v) is 4.52. The van der Waals surface area contributed by atoms with E-state index < -0.39 is 42.5 Å². The van der Waals surface area contributed by atoms with Gasteiger partial charge in [0.15, 0.2) is 11.7 Å². The van der Waals surface area contributed by atoms with E-state index in [1.54, 1.807) is 0 Å². The summed E-state index contributed by atoms with van der Waals surface area (Å²) in [6, 6.07) is 0. The van der Waals surface area contributed by atoms with Crippen molar-refractivity contribution in [2.45, 2.75) is 35.9 Å². The molecule has 0 amide bonds. The van der Waals surface area contributed by atoms with Crippen molar-refractivity contribution in [1.29, 1.82) is 0 Å². The largest absolute Gasteiger partial charge is 0.393 e. The second-order valence-electron chi connectivity index (χ2n) is 3.79. The van der Waals surface area contributed by atoms with Gasteiger partial charge in [-0.2, -0.15) is 0 Å². The fourth-order valence-electron chi connectivity index (χ4n) is 1.79. The Labute approximate surface area is 89.7 Å². The summed E-state index contributed by atoms with van der Waals surface area (Å²) in [6.07, 6.45) is -8.71. The molecule has 1 saturated carbocycles. The molecule has 5 atom stereocenters. The predicted molar refractivity (Wildman–Crippen MR) is 45.8 cm³/mol. The molecule has 5 N–H and O–H groups in total. The van der Waals surface area contributed by atoms with Crippen molar-refractivity contribution in [2.24, 2.45) is 0 Å². The number of methoxy groups -OCH3 is 1. The van der Waals surface area contributed by atoms with E-state index in [1.165, 1.54) is 0 Å². The lowest BCUT2D eigenvalue weighted by Crippen LogP contribution is -2.75. The number of hydrogen-bond donors (Lipinski definition) is 5. The van der Waals surface area contributed by atoms with Crippen molar-refractivity contribution < 1.29 is 39.1 Å². The average molecular weight is 244 g/mol. The number of aliphatic hydroxyl groups excluding tert-OH is 4. The molecule has 1 aliphatic carbocycles. The van der Waals surface area contributed by atoms with E-state index in [4.69, 9.17) is 5.11 Å². The van der Waals surface area contributed by atoms with E-state index in [-0.39, 0.29) is 0 Å². The molecule has 0 saturated heterocycles. The second-order valence-corrected chi connectivity index (χ2v) is 3.79. The van der Waals surface area contributed by atoms with Crippen LogP contribution in [0.4, 0.5) is 8.78 Å². The zero-order valence-electron chi connectivity index (χ0n) is 8.42. The number of rotatable bonds is 2. The van der Waals surface area contributed by atoms with Crippen LogP contribution in [0.1, 0.15) is 0 Å². The molecule has 0 unspecified atom stereocenters. The Morgan fingerprint density at radius 2 is 1.69 bits per heavy atom. The van der Waals surface area contributed by atoms with Gasteiger partial charge in [-0.1, -0.05) is 0 Å². The lowest BCUT2D eigenvalue weighted by Gasteiger charge is -2.49. The van der Waals surface area contributed by atoms with Crippen molar-refractivity contribution in [2.75, 3.05) is 13.7 Å². The summed E-state index contributed by atoms with van der Waals surface area (Å²) >= 11 is 0. The highest BCUT2D eigenvalue weighted by atomic mass is 19.3. The van der Waals surface area contributed by atoms with Crippen LogP contribution in [0.5, 0.6) is 0 Å². The minimum Gasteiger partial charge on any atom is -0.393 e. The Morgan fingerprint density at radius 1 is 1.19 bits per heavy atom. The van der Waals surface area contributed by atoms with Crippen LogP contribution in [0.25, 0.3) is 0 Å². The lowest BCUT2D eigenvalue weighted by atomic mass is 9.74. The fourth-order valence-corrected chi connectivity index (χ4v) is 1.79. The summed E-state index contributed by atoms with van der Waals surface area (Å²) in [5.41, 5.74) is -3.26. The third-order valence-electron chi connectivity index (χ3n) is 2.90. The molecular weight excluding hydrogens is 230 g/mol. The van der Waals surface area contributed by atoms with E-state index >= 15 is 0 Å². The van der Waals surface area contributed by atoms with Gasteiger partial charge in [0.05, 0.1) is 6.61 Å². The smallest absolute Gasteiger partial charge is 0.309 e. The van der Waals surface area contributed by atoms with Gasteiger partial charge < -0.3 is 30.3 Å². The fraction of sp³-hybridized carbons (Fsp3) is 1.00. The van der Waals surface area contributed by atoms with Crippen molar-refractivity contribution in [3.63, 3.8) is 0 Å². The molecule has 16 heavy (non-hydrogen) atoms. The minimum absolute atomic E-state index is 0.851. The maximum atomic E-state index is 13.6.